The Balaban J connectivity index is 0.000000637. The fourth-order valence-corrected chi connectivity index (χ4v) is 3.01. The van der Waals surface area contributed by atoms with Gasteiger partial charge >= 0.3 is 0 Å². The van der Waals surface area contributed by atoms with E-state index in [1.807, 2.05) is 13.8 Å². The predicted octanol–water partition coefficient (Wildman–Crippen LogP) is 2.44. The van der Waals surface area contributed by atoms with Crippen molar-refractivity contribution in [2.45, 2.75) is 26.7 Å². The van der Waals surface area contributed by atoms with Crippen LogP contribution in [0.3, 0.4) is 0 Å². The van der Waals surface area contributed by atoms with Gasteiger partial charge in [-0.15, -0.1) is 0 Å². The van der Waals surface area contributed by atoms with E-state index >= 15 is 0 Å². The van der Waals surface area contributed by atoms with E-state index in [0.29, 0.717) is 19.0 Å². The van der Waals surface area contributed by atoms with Gasteiger partial charge < -0.3 is 4.74 Å². The van der Waals surface area contributed by atoms with Gasteiger partial charge in [0.25, 0.3) is 0 Å². The number of hydrogen-bond donors (Lipinski definition) is 0. The molecule has 0 aromatic heterocycles. The Bertz CT molecular complexity index is 357. The van der Waals surface area contributed by atoms with Gasteiger partial charge in [0.15, 0.2) is 0 Å². The van der Waals surface area contributed by atoms with Gasteiger partial charge in [-0.1, -0.05) is 32.1 Å². The van der Waals surface area contributed by atoms with Crippen LogP contribution in [0.15, 0.2) is 23.8 Å². The minimum absolute atomic E-state index is 0.121. The first-order valence-corrected chi connectivity index (χ1v) is 7.52. The standard InChI is InChI=1S/C14H19NO2.C2H6/c16-14-12-7-15(8-13(14)10-17-9-12)6-11-4-2-1-3-5-11;1-2/h2,4-5,12-13H,1,3,6-10H2;1-2H3. The summed E-state index contributed by atoms with van der Waals surface area (Å²) in [4.78, 5) is 14.3. The third-order valence-corrected chi connectivity index (χ3v) is 3.88. The maximum atomic E-state index is 11.9. The van der Waals surface area contributed by atoms with E-state index in [1.54, 1.807) is 0 Å². The van der Waals surface area contributed by atoms with E-state index in [0.717, 1.165) is 26.1 Å². The van der Waals surface area contributed by atoms with E-state index in [1.165, 1.54) is 12.0 Å². The summed E-state index contributed by atoms with van der Waals surface area (Å²) in [5, 5.41) is 0. The molecule has 0 aromatic rings. The van der Waals surface area contributed by atoms with Crippen LogP contribution in [0.5, 0.6) is 0 Å². The molecule has 1 aliphatic carbocycles. The molecule has 2 aliphatic heterocycles. The molecule has 0 radical (unpaired) electrons. The number of rotatable bonds is 2. The van der Waals surface area contributed by atoms with Gasteiger partial charge in [0.05, 0.1) is 25.0 Å². The lowest BCUT2D eigenvalue weighted by Gasteiger charge is -2.40. The SMILES string of the molecule is CC.O=C1C2COCC1CN(CC1=CCCC=C1)C2. The molecule has 3 rings (SSSR count). The highest BCUT2D eigenvalue weighted by Crippen LogP contribution is 2.24. The Morgan fingerprint density at radius 1 is 1.21 bits per heavy atom. The van der Waals surface area contributed by atoms with Crippen LogP contribution in [0, 0.1) is 11.8 Å². The maximum Gasteiger partial charge on any atom is 0.146 e. The summed E-state index contributed by atoms with van der Waals surface area (Å²) in [5.41, 5.74) is 1.41. The number of allylic oxidation sites excluding steroid dienone is 2. The zero-order valence-electron chi connectivity index (χ0n) is 12.1. The maximum absolute atomic E-state index is 11.9. The summed E-state index contributed by atoms with van der Waals surface area (Å²) in [6, 6.07) is 0. The van der Waals surface area contributed by atoms with Crippen LogP contribution in [0.25, 0.3) is 0 Å². The second kappa shape index (κ2) is 7.01. The highest BCUT2D eigenvalue weighted by atomic mass is 16.5. The van der Waals surface area contributed by atoms with Crippen molar-refractivity contribution in [3.8, 4) is 0 Å². The summed E-state index contributed by atoms with van der Waals surface area (Å²) < 4.78 is 5.47. The lowest BCUT2D eigenvalue weighted by atomic mass is 9.86. The fourth-order valence-electron chi connectivity index (χ4n) is 3.01. The lowest BCUT2D eigenvalue weighted by Crippen LogP contribution is -2.53. The van der Waals surface area contributed by atoms with Gasteiger partial charge in [0.2, 0.25) is 0 Å². The molecule has 0 amide bonds. The molecule has 3 heteroatoms. The molecule has 0 spiro atoms. The second-order valence-electron chi connectivity index (χ2n) is 5.29. The largest absolute Gasteiger partial charge is 0.380 e. The van der Waals surface area contributed by atoms with Crippen LogP contribution in [0.4, 0.5) is 0 Å². The van der Waals surface area contributed by atoms with Gasteiger partial charge in [0, 0.05) is 19.6 Å². The van der Waals surface area contributed by atoms with Crippen molar-refractivity contribution in [1.82, 2.24) is 4.90 Å². The van der Waals surface area contributed by atoms with Crippen molar-refractivity contribution in [1.29, 1.82) is 0 Å². The monoisotopic (exact) mass is 263 g/mol. The van der Waals surface area contributed by atoms with Crippen LogP contribution in [0.2, 0.25) is 0 Å². The van der Waals surface area contributed by atoms with Gasteiger partial charge in [-0.3, -0.25) is 9.69 Å². The van der Waals surface area contributed by atoms with Gasteiger partial charge in [0.1, 0.15) is 5.78 Å². The number of ketones is 1. The molecule has 2 unspecified atom stereocenters. The number of carbonyl (C=O) groups is 1. The molecular formula is C16H25NO2. The minimum atomic E-state index is 0.121. The van der Waals surface area contributed by atoms with E-state index < -0.39 is 0 Å². The zero-order chi connectivity index (χ0) is 13.7. The number of carbonyl (C=O) groups excluding carboxylic acids is 1. The highest BCUT2D eigenvalue weighted by Gasteiger charge is 2.38. The number of hydrogen-bond acceptors (Lipinski definition) is 3. The normalized spacial score (nSPS) is 30.4. The van der Waals surface area contributed by atoms with Crippen LogP contribution in [-0.4, -0.2) is 43.5 Å². The van der Waals surface area contributed by atoms with Crippen molar-refractivity contribution < 1.29 is 9.53 Å². The van der Waals surface area contributed by atoms with Crippen LogP contribution < -0.4 is 0 Å². The molecule has 0 N–H and O–H groups in total. The fraction of sp³-hybridized carbons (Fsp3) is 0.688. The number of nitrogens with zero attached hydrogens (tertiary/aromatic N) is 1. The van der Waals surface area contributed by atoms with Gasteiger partial charge in [-0.05, 0) is 18.4 Å². The molecule has 3 nitrogen and oxygen atoms in total. The number of ether oxygens (including phenoxy) is 1. The van der Waals surface area contributed by atoms with E-state index in [4.69, 9.17) is 4.74 Å². The van der Waals surface area contributed by atoms with Crippen molar-refractivity contribution in [3.05, 3.63) is 23.8 Å². The predicted molar refractivity (Wildman–Crippen MR) is 77.1 cm³/mol. The first-order valence-electron chi connectivity index (χ1n) is 7.52. The molecule has 19 heavy (non-hydrogen) atoms. The number of Topliss-reactive ketones (excluding diaryl/α,β-unsaturated/α-hetero) is 1. The molecule has 106 valence electrons. The summed E-state index contributed by atoms with van der Waals surface area (Å²) in [7, 11) is 0. The molecule has 2 bridgehead atoms. The van der Waals surface area contributed by atoms with E-state index in [-0.39, 0.29) is 11.8 Å². The molecule has 0 saturated carbocycles. The molecule has 2 atom stereocenters. The molecule has 2 heterocycles. The van der Waals surface area contributed by atoms with Gasteiger partial charge in [-0.2, -0.15) is 0 Å². The van der Waals surface area contributed by atoms with Crippen molar-refractivity contribution >= 4 is 5.78 Å². The number of likely N-dealkylation sites (tertiary alicyclic amines) is 1. The molecule has 2 saturated heterocycles. The van der Waals surface area contributed by atoms with Crippen molar-refractivity contribution in [2.75, 3.05) is 32.8 Å². The van der Waals surface area contributed by atoms with E-state index in [2.05, 4.69) is 23.1 Å². The Labute approximate surface area is 116 Å². The Kier molecular flexibility index (Phi) is 5.34. The molecule has 2 fully saturated rings. The second-order valence-corrected chi connectivity index (χ2v) is 5.29. The number of fused-ring (bicyclic) bond motifs is 2. The zero-order valence-corrected chi connectivity index (χ0v) is 12.1. The molecule has 3 aliphatic rings. The van der Waals surface area contributed by atoms with E-state index in [9.17, 15) is 4.79 Å². The third-order valence-electron chi connectivity index (χ3n) is 3.88. The Morgan fingerprint density at radius 3 is 2.47 bits per heavy atom. The summed E-state index contributed by atoms with van der Waals surface area (Å²) in [6.07, 6.45) is 9.12. The number of piperidine rings is 1. The first-order chi connectivity index (χ1) is 9.33. The summed E-state index contributed by atoms with van der Waals surface area (Å²) in [5.74, 6) is 0.673. The average molecular weight is 263 g/mol. The van der Waals surface area contributed by atoms with Crippen molar-refractivity contribution in [3.63, 3.8) is 0 Å². The Morgan fingerprint density at radius 2 is 1.89 bits per heavy atom. The first kappa shape index (κ1) is 14.5. The molecule has 0 aromatic carbocycles. The highest BCUT2D eigenvalue weighted by molar-refractivity contribution is 5.85. The lowest BCUT2D eigenvalue weighted by molar-refractivity contribution is -0.144. The quantitative estimate of drug-likeness (QED) is 0.766. The molecular weight excluding hydrogens is 238 g/mol. The van der Waals surface area contributed by atoms with Gasteiger partial charge in [-0.25, -0.2) is 0 Å². The summed E-state index contributed by atoms with van der Waals surface area (Å²) in [6.45, 7) is 8.00. The minimum Gasteiger partial charge on any atom is -0.380 e. The van der Waals surface area contributed by atoms with Crippen molar-refractivity contribution in [2.24, 2.45) is 11.8 Å². The smallest absolute Gasteiger partial charge is 0.146 e. The Hall–Kier alpha value is -0.930. The third kappa shape index (κ3) is 3.54. The van der Waals surface area contributed by atoms with Crippen LogP contribution in [0.1, 0.15) is 26.7 Å². The van der Waals surface area contributed by atoms with Crippen LogP contribution >= 0.6 is 0 Å². The topological polar surface area (TPSA) is 29.5 Å². The average Bonchev–Trinajstić information content (AvgIpc) is 2.43. The van der Waals surface area contributed by atoms with Crippen LogP contribution in [-0.2, 0) is 9.53 Å². The summed E-state index contributed by atoms with van der Waals surface area (Å²) >= 11 is 0.